The summed E-state index contributed by atoms with van der Waals surface area (Å²) in [6.07, 6.45) is 2.97. The van der Waals surface area contributed by atoms with E-state index in [1.807, 2.05) is 23.1 Å². The molecule has 32 heavy (non-hydrogen) atoms. The van der Waals surface area contributed by atoms with Crippen molar-refractivity contribution in [2.24, 2.45) is 0 Å². The first kappa shape index (κ1) is 19.2. The molecule has 3 heterocycles. The van der Waals surface area contributed by atoms with Gasteiger partial charge in [0.25, 0.3) is 5.91 Å². The van der Waals surface area contributed by atoms with Gasteiger partial charge in [-0.25, -0.2) is 13.9 Å². The predicted molar refractivity (Wildman–Crippen MR) is 120 cm³/mol. The van der Waals surface area contributed by atoms with E-state index >= 15 is 0 Å². The van der Waals surface area contributed by atoms with Gasteiger partial charge in [-0.15, -0.1) is 0 Å². The number of hydrogen-bond donors (Lipinski definition) is 0. The first-order chi connectivity index (χ1) is 15.6. The van der Waals surface area contributed by atoms with E-state index in [1.54, 1.807) is 28.8 Å². The van der Waals surface area contributed by atoms with Gasteiger partial charge in [0.05, 0.1) is 11.7 Å². The maximum Gasteiger partial charge on any atom is 0.273 e. The molecular formula is C26H23FN4O. The Labute approximate surface area is 185 Å². The Morgan fingerprint density at radius 2 is 1.84 bits per heavy atom. The lowest BCUT2D eigenvalue weighted by Gasteiger charge is -2.35. The molecule has 1 amide bonds. The monoisotopic (exact) mass is 426 g/mol. The third-order valence-electron chi connectivity index (χ3n) is 6.67. The molecule has 1 aliphatic heterocycles. The third-order valence-corrected chi connectivity index (χ3v) is 6.67. The Kier molecular flexibility index (Phi) is 4.35. The maximum atomic E-state index is 14.4. The molecule has 1 fully saturated rings. The van der Waals surface area contributed by atoms with Gasteiger partial charge in [-0.2, -0.15) is 5.10 Å². The molecule has 160 valence electrons. The van der Waals surface area contributed by atoms with Crippen LogP contribution in [0.4, 0.5) is 4.39 Å². The highest BCUT2D eigenvalue weighted by molar-refractivity contribution is 5.93. The molecule has 2 aliphatic rings. The Hall–Kier alpha value is -3.54. The van der Waals surface area contributed by atoms with Crippen molar-refractivity contribution < 1.29 is 9.18 Å². The van der Waals surface area contributed by atoms with Crippen LogP contribution < -0.4 is 0 Å². The molecule has 4 aromatic rings. The van der Waals surface area contributed by atoms with E-state index in [2.05, 4.69) is 29.1 Å². The number of nitrogens with zero attached hydrogens (tertiary/aromatic N) is 4. The summed E-state index contributed by atoms with van der Waals surface area (Å²) in [6.45, 7) is 2.74. The van der Waals surface area contributed by atoms with Crippen LogP contribution in [0.1, 0.15) is 59.0 Å². The SMILES string of the molecule is C[C@@H]1c2ccccc2CCN1C(=O)c1cc(C2CC2)n2nc(-c3ccccc3F)cc2n1. The summed E-state index contributed by atoms with van der Waals surface area (Å²) in [6, 6.07) is 18.6. The number of carbonyl (C=O) groups is 1. The van der Waals surface area contributed by atoms with E-state index < -0.39 is 0 Å². The lowest BCUT2D eigenvalue weighted by atomic mass is 9.93. The van der Waals surface area contributed by atoms with Gasteiger partial charge in [0, 0.05) is 29.8 Å². The molecule has 1 saturated carbocycles. The van der Waals surface area contributed by atoms with Crippen molar-refractivity contribution in [3.05, 3.63) is 89.0 Å². The topological polar surface area (TPSA) is 50.5 Å². The minimum absolute atomic E-state index is 0.00580. The van der Waals surface area contributed by atoms with E-state index in [0.717, 1.165) is 25.0 Å². The van der Waals surface area contributed by atoms with Crippen molar-refractivity contribution in [3.63, 3.8) is 0 Å². The molecule has 2 aromatic heterocycles. The molecule has 1 aliphatic carbocycles. The minimum Gasteiger partial charge on any atom is -0.330 e. The maximum absolute atomic E-state index is 14.4. The normalized spacial score (nSPS) is 18.1. The number of aromatic nitrogens is 3. The minimum atomic E-state index is -0.319. The molecular weight excluding hydrogens is 403 g/mol. The first-order valence-corrected chi connectivity index (χ1v) is 11.1. The second-order valence-electron chi connectivity index (χ2n) is 8.74. The van der Waals surface area contributed by atoms with E-state index in [9.17, 15) is 9.18 Å². The van der Waals surface area contributed by atoms with Crippen molar-refractivity contribution in [3.8, 4) is 11.3 Å². The zero-order valence-electron chi connectivity index (χ0n) is 17.8. The van der Waals surface area contributed by atoms with Gasteiger partial charge in [-0.3, -0.25) is 4.79 Å². The zero-order chi connectivity index (χ0) is 21.8. The predicted octanol–water partition coefficient (Wildman–Crippen LogP) is 5.17. The van der Waals surface area contributed by atoms with Gasteiger partial charge in [-0.1, -0.05) is 36.4 Å². The van der Waals surface area contributed by atoms with Crippen LogP contribution in [-0.4, -0.2) is 31.9 Å². The summed E-state index contributed by atoms with van der Waals surface area (Å²) in [5.41, 5.74) is 5.46. The quantitative estimate of drug-likeness (QED) is 0.454. The summed E-state index contributed by atoms with van der Waals surface area (Å²) in [5.74, 6) is -0.0223. The van der Waals surface area contributed by atoms with Crippen molar-refractivity contribution in [1.82, 2.24) is 19.5 Å². The van der Waals surface area contributed by atoms with Crippen LogP contribution in [0.5, 0.6) is 0 Å². The van der Waals surface area contributed by atoms with E-state index in [4.69, 9.17) is 0 Å². The molecule has 0 unspecified atom stereocenters. The summed E-state index contributed by atoms with van der Waals surface area (Å²) in [7, 11) is 0. The van der Waals surface area contributed by atoms with Crippen LogP contribution in [0.25, 0.3) is 16.9 Å². The Morgan fingerprint density at radius 3 is 2.66 bits per heavy atom. The number of benzene rings is 2. The molecule has 0 spiro atoms. The molecule has 5 nitrogen and oxygen atoms in total. The third kappa shape index (κ3) is 3.09. The zero-order valence-corrected chi connectivity index (χ0v) is 17.8. The summed E-state index contributed by atoms with van der Waals surface area (Å²) in [4.78, 5) is 20.1. The average molecular weight is 426 g/mol. The fourth-order valence-electron chi connectivity index (χ4n) is 4.77. The summed E-state index contributed by atoms with van der Waals surface area (Å²) >= 11 is 0. The lowest BCUT2D eigenvalue weighted by Crippen LogP contribution is -2.39. The summed E-state index contributed by atoms with van der Waals surface area (Å²) in [5, 5.41) is 4.65. The second-order valence-corrected chi connectivity index (χ2v) is 8.74. The Balaban J connectivity index is 1.42. The van der Waals surface area contributed by atoms with Gasteiger partial charge in [0.2, 0.25) is 0 Å². The molecule has 0 N–H and O–H groups in total. The Bertz CT molecular complexity index is 1360. The first-order valence-electron chi connectivity index (χ1n) is 11.1. The molecule has 0 radical (unpaired) electrons. The standard InChI is InChI=1S/C26H23FN4O/c1-16-19-7-3-2-6-17(19)12-13-30(16)26(32)23-14-24(18-10-11-18)31-25(28-23)15-22(29-31)20-8-4-5-9-21(20)27/h2-9,14-16,18H,10-13H2,1H3/t16-/m1/s1. The highest BCUT2D eigenvalue weighted by Gasteiger charge is 2.32. The fraction of sp³-hybridized carbons (Fsp3) is 0.269. The fourth-order valence-corrected chi connectivity index (χ4v) is 4.77. The largest absolute Gasteiger partial charge is 0.330 e. The van der Waals surface area contributed by atoms with Gasteiger partial charge in [0.1, 0.15) is 11.5 Å². The van der Waals surface area contributed by atoms with Crippen LogP contribution in [0.3, 0.4) is 0 Å². The number of halogens is 1. The lowest BCUT2D eigenvalue weighted by molar-refractivity contribution is 0.0671. The van der Waals surface area contributed by atoms with Gasteiger partial charge in [-0.05, 0) is 55.5 Å². The van der Waals surface area contributed by atoms with Crippen LogP contribution in [0, 0.1) is 5.82 Å². The van der Waals surface area contributed by atoms with Gasteiger partial charge < -0.3 is 4.90 Å². The van der Waals surface area contributed by atoms with Crippen LogP contribution in [-0.2, 0) is 6.42 Å². The molecule has 6 rings (SSSR count). The molecule has 1 atom stereocenters. The number of hydrogen-bond acceptors (Lipinski definition) is 3. The molecule has 6 heteroatoms. The van der Waals surface area contributed by atoms with Crippen LogP contribution in [0.15, 0.2) is 60.7 Å². The summed E-state index contributed by atoms with van der Waals surface area (Å²) < 4.78 is 16.1. The number of fused-ring (bicyclic) bond motifs is 2. The number of amides is 1. The molecule has 0 saturated heterocycles. The van der Waals surface area contributed by atoms with E-state index in [-0.39, 0.29) is 17.8 Å². The van der Waals surface area contributed by atoms with Crippen LogP contribution in [0.2, 0.25) is 0 Å². The van der Waals surface area contributed by atoms with Gasteiger partial charge >= 0.3 is 0 Å². The highest BCUT2D eigenvalue weighted by Crippen LogP contribution is 2.41. The number of carbonyl (C=O) groups excluding carboxylic acids is 1. The van der Waals surface area contributed by atoms with Crippen molar-refractivity contribution in [2.75, 3.05) is 6.54 Å². The van der Waals surface area contributed by atoms with Gasteiger partial charge in [0.15, 0.2) is 5.65 Å². The van der Waals surface area contributed by atoms with E-state index in [0.29, 0.717) is 35.1 Å². The average Bonchev–Trinajstić information content (AvgIpc) is 3.57. The second kappa shape index (κ2) is 7.26. The van der Waals surface area contributed by atoms with Crippen molar-refractivity contribution >= 4 is 11.6 Å². The molecule has 2 aromatic carbocycles. The van der Waals surface area contributed by atoms with Crippen LogP contribution >= 0.6 is 0 Å². The number of rotatable bonds is 3. The smallest absolute Gasteiger partial charge is 0.273 e. The molecule has 0 bridgehead atoms. The van der Waals surface area contributed by atoms with Crippen molar-refractivity contribution in [2.45, 2.75) is 38.1 Å². The Morgan fingerprint density at radius 1 is 1.06 bits per heavy atom. The van der Waals surface area contributed by atoms with Crippen molar-refractivity contribution in [1.29, 1.82) is 0 Å². The highest BCUT2D eigenvalue weighted by atomic mass is 19.1. The van der Waals surface area contributed by atoms with E-state index in [1.165, 1.54) is 17.2 Å².